The molecule has 2 fully saturated rings. The Morgan fingerprint density at radius 1 is 0.771 bits per heavy atom. The van der Waals surface area contributed by atoms with Gasteiger partial charge in [-0.15, -0.1) is 0 Å². The monoisotopic (exact) mass is 678 g/mol. The van der Waals surface area contributed by atoms with Crippen molar-refractivity contribution in [3.05, 3.63) is 0 Å². The van der Waals surface area contributed by atoms with Gasteiger partial charge in [0.15, 0.2) is 0 Å². The SMILES string of the molecule is CCCC(C)(C)C1CC2CCC2(C)C1.CCCCCC(CCCCC)CCOC(=O)CCCCCCCNCCCCCCCC(=O)O. The van der Waals surface area contributed by atoms with Crippen LogP contribution in [0.5, 0.6) is 0 Å². The molecule has 284 valence electrons. The van der Waals surface area contributed by atoms with Crippen molar-refractivity contribution >= 4 is 11.9 Å². The number of carbonyl (C=O) groups excluding carboxylic acids is 1. The van der Waals surface area contributed by atoms with Gasteiger partial charge < -0.3 is 15.2 Å². The summed E-state index contributed by atoms with van der Waals surface area (Å²) in [5.74, 6) is 2.13. The Kier molecular flexibility index (Phi) is 25.8. The molecule has 0 aromatic carbocycles. The lowest BCUT2D eigenvalue weighted by Crippen LogP contribution is -2.32. The Morgan fingerprint density at radius 3 is 1.81 bits per heavy atom. The largest absolute Gasteiger partial charge is 0.481 e. The van der Waals surface area contributed by atoms with Gasteiger partial charge in [0.1, 0.15) is 0 Å². The summed E-state index contributed by atoms with van der Waals surface area (Å²) in [5, 5.41) is 12.1. The molecule has 2 aliphatic rings. The topological polar surface area (TPSA) is 75.6 Å². The lowest BCUT2D eigenvalue weighted by atomic mass is 9.63. The quantitative estimate of drug-likeness (QED) is 0.0584. The van der Waals surface area contributed by atoms with E-state index in [9.17, 15) is 9.59 Å². The molecule has 0 aliphatic heterocycles. The second-order valence-corrected chi connectivity index (χ2v) is 16.8. The number of carboxylic acids is 1. The van der Waals surface area contributed by atoms with Gasteiger partial charge in [-0.2, -0.15) is 0 Å². The third-order valence-electron chi connectivity index (χ3n) is 12.0. The third-order valence-corrected chi connectivity index (χ3v) is 12.0. The van der Waals surface area contributed by atoms with Gasteiger partial charge in [-0.25, -0.2) is 0 Å². The van der Waals surface area contributed by atoms with Crippen LogP contribution in [0, 0.1) is 28.6 Å². The summed E-state index contributed by atoms with van der Waals surface area (Å²) >= 11 is 0. The minimum Gasteiger partial charge on any atom is -0.481 e. The van der Waals surface area contributed by atoms with E-state index >= 15 is 0 Å². The van der Waals surface area contributed by atoms with Crippen molar-refractivity contribution < 1.29 is 19.4 Å². The van der Waals surface area contributed by atoms with Crippen molar-refractivity contribution in [3.8, 4) is 0 Å². The molecule has 3 atom stereocenters. The molecule has 0 radical (unpaired) electrons. The van der Waals surface area contributed by atoms with E-state index in [1.807, 2.05) is 0 Å². The molecule has 2 rings (SSSR count). The van der Waals surface area contributed by atoms with Gasteiger partial charge in [0, 0.05) is 12.8 Å². The molecular formula is C43H83NO4. The van der Waals surface area contributed by atoms with Crippen molar-refractivity contribution in [1.82, 2.24) is 5.32 Å². The molecule has 0 amide bonds. The summed E-state index contributed by atoms with van der Waals surface area (Å²) in [4.78, 5) is 22.5. The highest BCUT2D eigenvalue weighted by Gasteiger charge is 2.52. The molecule has 0 aromatic heterocycles. The molecule has 0 aromatic rings. The molecule has 2 N–H and O–H groups in total. The van der Waals surface area contributed by atoms with Crippen LogP contribution in [0.1, 0.15) is 215 Å². The van der Waals surface area contributed by atoms with Gasteiger partial charge in [0.25, 0.3) is 0 Å². The zero-order chi connectivity index (χ0) is 35.5. The first-order valence-electron chi connectivity index (χ1n) is 21.2. The van der Waals surface area contributed by atoms with E-state index in [0.717, 1.165) is 74.8 Å². The maximum absolute atomic E-state index is 12.0. The normalized spacial score (nSPS) is 20.2. The summed E-state index contributed by atoms with van der Waals surface area (Å²) in [5.41, 5.74) is 1.37. The Hall–Kier alpha value is -1.10. The van der Waals surface area contributed by atoms with Crippen molar-refractivity contribution in [2.24, 2.45) is 28.6 Å². The second kappa shape index (κ2) is 27.6. The summed E-state index contributed by atoms with van der Waals surface area (Å²) in [6, 6.07) is 0. The maximum atomic E-state index is 12.0. The van der Waals surface area contributed by atoms with Crippen LogP contribution in [0.3, 0.4) is 0 Å². The first kappa shape index (κ1) is 44.9. The summed E-state index contributed by atoms with van der Waals surface area (Å²) in [7, 11) is 0. The third kappa shape index (κ3) is 21.2. The first-order chi connectivity index (χ1) is 23.1. The molecule has 2 saturated carbocycles. The van der Waals surface area contributed by atoms with Crippen molar-refractivity contribution in [3.63, 3.8) is 0 Å². The van der Waals surface area contributed by atoms with E-state index in [1.54, 1.807) is 0 Å². The highest BCUT2D eigenvalue weighted by atomic mass is 16.5. The molecule has 0 spiro atoms. The molecule has 5 nitrogen and oxygen atoms in total. The van der Waals surface area contributed by atoms with Crippen LogP contribution in [0.4, 0.5) is 0 Å². The molecule has 0 heterocycles. The number of hydrogen-bond donors (Lipinski definition) is 2. The number of aliphatic carboxylic acids is 1. The lowest BCUT2D eigenvalue weighted by Gasteiger charge is -2.42. The van der Waals surface area contributed by atoms with Gasteiger partial charge >= 0.3 is 11.9 Å². The van der Waals surface area contributed by atoms with Crippen LogP contribution in [0.25, 0.3) is 0 Å². The van der Waals surface area contributed by atoms with E-state index in [2.05, 4.69) is 46.9 Å². The number of rotatable bonds is 30. The minimum absolute atomic E-state index is 0.00880. The van der Waals surface area contributed by atoms with Crippen molar-refractivity contribution in [2.45, 2.75) is 215 Å². The molecule has 0 bridgehead atoms. The van der Waals surface area contributed by atoms with Crippen molar-refractivity contribution in [1.29, 1.82) is 0 Å². The number of carboxylic acid groups (broad SMARTS) is 1. The number of nitrogens with one attached hydrogen (secondary N) is 1. The van der Waals surface area contributed by atoms with Gasteiger partial charge in [-0.1, -0.05) is 138 Å². The average molecular weight is 678 g/mol. The van der Waals surface area contributed by atoms with Crippen LogP contribution < -0.4 is 5.32 Å². The Labute approximate surface area is 299 Å². The number of esters is 1. The molecule has 48 heavy (non-hydrogen) atoms. The summed E-state index contributed by atoms with van der Waals surface area (Å²) in [6.45, 7) is 17.1. The number of hydrogen-bond acceptors (Lipinski definition) is 4. The van der Waals surface area contributed by atoms with E-state index in [0.29, 0.717) is 24.9 Å². The smallest absolute Gasteiger partial charge is 0.305 e. The van der Waals surface area contributed by atoms with E-state index in [4.69, 9.17) is 9.84 Å². The minimum atomic E-state index is -0.684. The van der Waals surface area contributed by atoms with Crippen LogP contribution in [-0.2, 0) is 14.3 Å². The van der Waals surface area contributed by atoms with E-state index < -0.39 is 5.97 Å². The Morgan fingerprint density at radius 2 is 1.33 bits per heavy atom. The number of unbranched alkanes of at least 4 members (excludes halogenated alkanes) is 12. The zero-order valence-electron chi connectivity index (χ0n) is 33.1. The molecule has 2 aliphatic carbocycles. The number of carbonyl (C=O) groups is 2. The Bertz CT molecular complexity index is 788. The van der Waals surface area contributed by atoms with Crippen molar-refractivity contribution in [2.75, 3.05) is 19.7 Å². The van der Waals surface area contributed by atoms with E-state index in [1.165, 1.54) is 122 Å². The van der Waals surface area contributed by atoms with Crippen LogP contribution >= 0.6 is 0 Å². The van der Waals surface area contributed by atoms with Gasteiger partial charge in [-0.3, -0.25) is 9.59 Å². The zero-order valence-corrected chi connectivity index (χ0v) is 33.1. The highest BCUT2D eigenvalue weighted by molar-refractivity contribution is 5.69. The standard InChI is InChI=1S/C29H57NO4.C14H26/c1-3-5-13-19-27(20-14-6-4-2)23-26-34-29(33)22-16-10-8-12-18-25-30-24-17-11-7-9-15-21-28(31)32;1-5-7-13(2,3)12-9-11-6-8-14(11,4)10-12/h27,30H,3-26H2,1-2H3,(H,31,32);11-12H,5-10H2,1-4H3. The second-order valence-electron chi connectivity index (χ2n) is 16.8. The number of ether oxygens (including phenoxy) is 1. The van der Waals surface area contributed by atoms with Gasteiger partial charge in [-0.05, 0) is 106 Å². The van der Waals surface area contributed by atoms with Crippen LogP contribution in [0.2, 0.25) is 0 Å². The molecular weight excluding hydrogens is 594 g/mol. The maximum Gasteiger partial charge on any atom is 0.305 e. The average Bonchev–Trinajstić information content (AvgIpc) is 3.28. The summed E-state index contributed by atoms with van der Waals surface area (Å²) in [6.07, 6.45) is 32.1. The molecule has 5 heteroatoms. The van der Waals surface area contributed by atoms with Gasteiger partial charge in [0.05, 0.1) is 6.61 Å². The van der Waals surface area contributed by atoms with Gasteiger partial charge in [0.2, 0.25) is 0 Å². The predicted molar refractivity (Wildman–Crippen MR) is 206 cm³/mol. The lowest BCUT2D eigenvalue weighted by molar-refractivity contribution is -0.144. The Balaban J connectivity index is 0.000000672. The number of fused-ring (bicyclic) bond motifs is 1. The fourth-order valence-corrected chi connectivity index (χ4v) is 8.39. The summed E-state index contributed by atoms with van der Waals surface area (Å²) < 4.78 is 5.53. The fraction of sp³-hybridized carbons (Fsp3) is 0.953. The van der Waals surface area contributed by atoms with Crippen LogP contribution in [0.15, 0.2) is 0 Å². The highest BCUT2D eigenvalue weighted by Crippen LogP contribution is 2.62. The first-order valence-corrected chi connectivity index (χ1v) is 21.2. The molecule has 3 unspecified atom stereocenters. The fourth-order valence-electron chi connectivity index (χ4n) is 8.39. The van der Waals surface area contributed by atoms with E-state index in [-0.39, 0.29) is 5.97 Å². The van der Waals surface area contributed by atoms with Crippen LogP contribution in [-0.4, -0.2) is 36.7 Å². The molecule has 0 saturated heterocycles. The predicted octanol–water partition coefficient (Wildman–Crippen LogP) is 12.7.